The van der Waals surface area contributed by atoms with Crippen LogP contribution in [0.5, 0.6) is 0 Å². The van der Waals surface area contributed by atoms with Crippen LogP contribution in [0.25, 0.3) is 0 Å². The Balaban J connectivity index is 1.39. The SMILES string of the molecule is Cc1ccccc1CN1CC[C@@]2(C[C@H](N3CCCC3)CCO2)C1. The number of ether oxygens (including phenoxy) is 1. The molecule has 0 N–H and O–H groups in total. The number of aryl methyl sites for hydroxylation is 1. The topological polar surface area (TPSA) is 15.7 Å². The molecule has 2 atom stereocenters. The number of hydrogen-bond acceptors (Lipinski definition) is 3. The molecule has 3 heterocycles. The Kier molecular flexibility index (Phi) is 4.44. The number of hydrogen-bond donors (Lipinski definition) is 0. The molecule has 0 radical (unpaired) electrons. The maximum Gasteiger partial charge on any atom is 0.0835 e. The van der Waals surface area contributed by atoms with E-state index >= 15 is 0 Å². The summed E-state index contributed by atoms with van der Waals surface area (Å²) in [6.07, 6.45) is 6.48. The number of likely N-dealkylation sites (tertiary alicyclic amines) is 2. The molecule has 4 rings (SSSR count). The van der Waals surface area contributed by atoms with Crippen molar-refractivity contribution in [3.63, 3.8) is 0 Å². The third-order valence-electron chi connectivity index (χ3n) is 6.17. The maximum atomic E-state index is 6.35. The lowest BCUT2D eigenvalue weighted by atomic mass is 9.89. The van der Waals surface area contributed by atoms with Gasteiger partial charge in [0.05, 0.1) is 5.60 Å². The monoisotopic (exact) mass is 314 g/mol. The van der Waals surface area contributed by atoms with Crippen LogP contribution in [-0.2, 0) is 11.3 Å². The minimum Gasteiger partial charge on any atom is -0.373 e. The molecule has 0 aromatic heterocycles. The van der Waals surface area contributed by atoms with Crippen LogP contribution in [0.15, 0.2) is 24.3 Å². The summed E-state index contributed by atoms with van der Waals surface area (Å²) in [6.45, 7) is 9.18. The second kappa shape index (κ2) is 6.54. The van der Waals surface area contributed by atoms with Gasteiger partial charge in [0.15, 0.2) is 0 Å². The van der Waals surface area contributed by atoms with Crippen molar-refractivity contribution >= 4 is 0 Å². The van der Waals surface area contributed by atoms with E-state index in [0.29, 0.717) is 0 Å². The number of benzene rings is 1. The molecule has 3 heteroatoms. The van der Waals surface area contributed by atoms with Gasteiger partial charge in [-0.25, -0.2) is 0 Å². The predicted octanol–water partition coefficient (Wildman–Crippen LogP) is 3.21. The smallest absolute Gasteiger partial charge is 0.0835 e. The zero-order chi connectivity index (χ0) is 15.7. The second-order valence-corrected chi connectivity index (χ2v) is 7.81. The number of nitrogens with zero attached hydrogens (tertiary/aromatic N) is 2. The average molecular weight is 314 g/mol. The molecule has 3 fully saturated rings. The van der Waals surface area contributed by atoms with E-state index in [2.05, 4.69) is 41.0 Å². The zero-order valence-electron chi connectivity index (χ0n) is 14.5. The maximum absolute atomic E-state index is 6.35. The van der Waals surface area contributed by atoms with E-state index in [-0.39, 0.29) is 5.60 Å². The van der Waals surface area contributed by atoms with E-state index in [9.17, 15) is 0 Å². The molecular formula is C20H30N2O. The lowest BCUT2D eigenvalue weighted by Crippen LogP contribution is -2.49. The Hall–Kier alpha value is -0.900. The highest BCUT2D eigenvalue weighted by atomic mass is 16.5. The molecule has 0 bridgehead atoms. The van der Waals surface area contributed by atoms with Crippen molar-refractivity contribution in [1.82, 2.24) is 9.80 Å². The fourth-order valence-electron chi connectivity index (χ4n) is 4.80. The Bertz CT molecular complexity index is 540. The average Bonchev–Trinajstić information content (AvgIpc) is 3.21. The molecule has 0 amide bonds. The summed E-state index contributed by atoms with van der Waals surface area (Å²) >= 11 is 0. The van der Waals surface area contributed by atoms with E-state index in [1.54, 1.807) is 0 Å². The first-order valence-electron chi connectivity index (χ1n) is 9.39. The van der Waals surface area contributed by atoms with Crippen molar-refractivity contribution in [1.29, 1.82) is 0 Å². The Morgan fingerprint density at radius 2 is 2.00 bits per heavy atom. The molecule has 0 aliphatic carbocycles. The number of rotatable bonds is 3. The summed E-state index contributed by atoms with van der Waals surface area (Å²) in [6, 6.07) is 9.56. The first kappa shape index (κ1) is 15.6. The molecule has 3 aliphatic heterocycles. The van der Waals surface area contributed by atoms with Gasteiger partial charge in [0.2, 0.25) is 0 Å². The Morgan fingerprint density at radius 3 is 2.83 bits per heavy atom. The van der Waals surface area contributed by atoms with Gasteiger partial charge in [-0.2, -0.15) is 0 Å². The molecule has 23 heavy (non-hydrogen) atoms. The second-order valence-electron chi connectivity index (χ2n) is 7.81. The van der Waals surface area contributed by atoms with Crippen molar-refractivity contribution in [2.24, 2.45) is 0 Å². The van der Waals surface area contributed by atoms with Gasteiger partial charge in [0, 0.05) is 32.3 Å². The highest BCUT2D eigenvalue weighted by molar-refractivity contribution is 5.25. The van der Waals surface area contributed by atoms with Gasteiger partial charge in [-0.3, -0.25) is 4.90 Å². The first-order valence-corrected chi connectivity index (χ1v) is 9.39. The van der Waals surface area contributed by atoms with Crippen LogP contribution in [0.3, 0.4) is 0 Å². The van der Waals surface area contributed by atoms with E-state index < -0.39 is 0 Å². The molecule has 3 saturated heterocycles. The van der Waals surface area contributed by atoms with Gasteiger partial charge >= 0.3 is 0 Å². The lowest BCUT2D eigenvalue weighted by molar-refractivity contribution is -0.0961. The molecule has 1 aromatic rings. The van der Waals surface area contributed by atoms with Gasteiger partial charge in [-0.05, 0) is 63.2 Å². The standard InChI is InChI=1S/C20H30N2O/c1-17-6-2-3-7-18(17)15-21-12-9-20(16-21)14-19(8-13-23-20)22-10-4-5-11-22/h2-3,6-7,19H,4-5,8-16H2,1H3/t19-,20-/m1/s1. The molecule has 3 aliphatic rings. The van der Waals surface area contributed by atoms with Crippen LogP contribution in [0.2, 0.25) is 0 Å². The Morgan fingerprint density at radius 1 is 1.17 bits per heavy atom. The van der Waals surface area contributed by atoms with Crippen molar-refractivity contribution < 1.29 is 4.74 Å². The minimum absolute atomic E-state index is 0.133. The van der Waals surface area contributed by atoms with Gasteiger partial charge < -0.3 is 9.64 Å². The van der Waals surface area contributed by atoms with Crippen molar-refractivity contribution in [2.45, 2.75) is 57.2 Å². The van der Waals surface area contributed by atoms with Gasteiger partial charge in [0.25, 0.3) is 0 Å². The highest BCUT2D eigenvalue weighted by Gasteiger charge is 2.44. The van der Waals surface area contributed by atoms with Gasteiger partial charge in [-0.1, -0.05) is 24.3 Å². The summed E-state index contributed by atoms with van der Waals surface area (Å²) in [4.78, 5) is 5.34. The summed E-state index contributed by atoms with van der Waals surface area (Å²) in [5.74, 6) is 0. The van der Waals surface area contributed by atoms with E-state index in [1.165, 1.54) is 62.9 Å². The highest BCUT2D eigenvalue weighted by Crippen LogP contribution is 2.37. The van der Waals surface area contributed by atoms with Crippen molar-refractivity contribution in [3.05, 3.63) is 35.4 Å². The van der Waals surface area contributed by atoms with Crippen LogP contribution in [-0.4, -0.2) is 54.2 Å². The molecule has 3 nitrogen and oxygen atoms in total. The largest absolute Gasteiger partial charge is 0.373 e. The fourth-order valence-corrected chi connectivity index (χ4v) is 4.80. The zero-order valence-corrected chi connectivity index (χ0v) is 14.5. The summed E-state index contributed by atoms with van der Waals surface area (Å²) < 4.78 is 6.35. The van der Waals surface area contributed by atoms with Gasteiger partial charge in [0.1, 0.15) is 0 Å². The minimum atomic E-state index is 0.133. The Labute approximate surface area is 140 Å². The van der Waals surface area contributed by atoms with Crippen molar-refractivity contribution in [3.8, 4) is 0 Å². The molecular weight excluding hydrogens is 284 g/mol. The molecule has 126 valence electrons. The molecule has 0 saturated carbocycles. The van der Waals surface area contributed by atoms with Crippen molar-refractivity contribution in [2.75, 3.05) is 32.8 Å². The lowest BCUT2D eigenvalue weighted by Gasteiger charge is -2.41. The first-order chi connectivity index (χ1) is 11.2. The third-order valence-corrected chi connectivity index (χ3v) is 6.17. The summed E-state index contributed by atoms with van der Waals surface area (Å²) in [5, 5.41) is 0. The third kappa shape index (κ3) is 3.33. The van der Waals surface area contributed by atoms with Crippen LogP contribution < -0.4 is 0 Å². The molecule has 0 unspecified atom stereocenters. The fraction of sp³-hybridized carbons (Fsp3) is 0.700. The molecule has 1 aromatic carbocycles. The van der Waals surface area contributed by atoms with E-state index in [1.807, 2.05) is 0 Å². The van der Waals surface area contributed by atoms with Gasteiger partial charge in [-0.15, -0.1) is 0 Å². The predicted molar refractivity (Wildman–Crippen MR) is 93.6 cm³/mol. The normalized spacial score (nSPS) is 32.8. The van der Waals surface area contributed by atoms with E-state index in [0.717, 1.165) is 25.7 Å². The van der Waals surface area contributed by atoms with Crippen LogP contribution in [0, 0.1) is 6.92 Å². The van der Waals surface area contributed by atoms with Crippen LogP contribution in [0.4, 0.5) is 0 Å². The molecule has 1 spiro atoms. The quantitative estimate of drug-likeness (QED) is 0.852. The summed E-state index contributed by atoms with van der Waals surface area (Å²) in [7, 11) is 0. The van der Waals surface area contributed by atoms with Crippen LogP contribution >= 0.6 is 0 Å². The summed E-state index contributed by atoms with van der Waals surface area (Å²) in [5.41, 5.74) is 3.01. The van der Waals surface area contributed by atoms with E-state index in [4.69, 9.17) is 4.74 Å². The van der Waals surface area contributed by atoms with Crippen LogP contribution in [0.1, 0.15) is 43.2 Å².